The fourth-order valence-corrected chi connectivity index (χ4v) is 1.47. The Balaban J connectivity index is 2.29. The summed E-state index contributed by atoms with van der Waals surface area (Å²) >= 11 is 0. The van der Waals surface area contributed by atoms with E-state index in [0.29, 0.717) is 5.95 Å². The topological polar surface area (TPSA) is 78.5 Å². The first-order valence-corrected chi connectivity index (χ1v) is 5.48. The van der Waals surface area contributed by atoms with E-state index in [2.05, 4.69) is 37.7 Å². The highest BCUT2D eigenvalue weighted by molar-refractivity contribution is 5.86. The van der Waals surface area contributed by atoms with Crippen LogP contribution in [0, 0.1) is 0 Å². The Morgan fingerprint density at radius 3 is 3.00 bits per heavy atom. The van der Waals surface area contributed by atoms with Crippen LogP contribution in [0.4, 0.5) is 11.8 Å². The molecule has 0 unspecified atom stereocenters. The van der Waals surface area contributed by atoms with Crippen LogP contribution in [0.5, 0.6) is 0 Å². The van der Waals surface area contributed by atoms with E-state index in [1.807, 2.05) is 0 Å². The Morgan fingerprint density at radius 2 is 2.25 bits per heavy atom. The van der Waals surface area contributed by atoms with Crippen molar-refractivity contribution in [2.75, 3.05) is 24.2 Å². The molecule has 0 aliphatic carbocycles. The number of hydrogen-bond donors (Lipinski definition) is 3. The molecular weight excluding hydrogens is 204 g/mol. The summed E-state index contributed by atoms with van der Waals surface area (Å²) in [5, 5.41) is 14.0. The molecule has 0 saturated heterocycles. The summed E-state index contributed by atoms with van der Waals surface area (Å²) in [5.74, 6) is 1.42. The molecule has 6 heteroatoms. The van der Waals surface area contributed by atoms with Crippen molar-refractivity contribution < 1.29 is 0 Å². The summed E-state index contributed by atoms with van der Waals surface area (Å²) in [7, 11) is 1.80. The zero-order valence-electron chi connectivity index (χ0n) is 9.54. The van der Waals surface area contributed by atoms with Gasteiger partial charge in [-0.3, -0.25) is 5.10 Å². The van der Waals surface area contributed by atoms with Gasteiger partial charge in [0.25, 0.3) is 0 Å². The number of nitrogens with zero attached hydrogens (tertiary/aromatic N) is 3. The summed E-state index contributed by atoms with van der Waals surface area (Å²) < 4.78 is 0. The van der Waals surface area contributed by atoms with Crippen LogP contribution in [0.25, 0.3) is 11.0 Å². The van der Waals surface area contributed by atoms with E-state index in [9.17, 15) is 0 Å². The van der Waals surface area contributed by atoms with E-state index < -0.39 is 0 Å². The van der Waals surface area contributed by atoms with Crippen LogP contribution < -0.4 is 10.6 Å². The van der Waals surface area contributed by atoms with E-state index >= 15 is 0 Å². The molecule has 0 radical (unpaired) electrons. The van der Waals surface area contributed by atoms with Crippen molar-refractivity contribution >= 4 is 22.8 Å². The maximum atomic E-state index is 4.37. The van der Waals surface area contributed by atoms with E-state index in [0.717, 1.165) is 36.2 Å². The number of aromatic nitrogens is 4. The van der Waals surface area contributed by atoms with Gasteiger partial charge in [-0.1, -0.05) is 13.3 Å². The first kappa shape index (κ1) is 10.7. The molecule has 16 heavy (non-hydrogen) atoms. The molecule has 3 N–H and O–H groups in total. The summed E-state index contributed by atoms with van der Waals surface area (Å²) in [6, 6.07) is 0. The first-order valence-electron chi connectivity index (χ1n) is 5.48. The molecule has 0 fully saturated rings. The Hall–Kier alpha value is -1.85. The van der Waals surface area contributed by atoms with Crippen molar-refractivity contribution in [1.29, 1.82) is 0 Å². The predicted octanol–water partition coefficient (Wildman–Crippen LogP) is 1.61. The minimum atomic E-state index is 0.593. The van der Waals surface area contributed by atoms with Crippen LogP contribution >= 0.6 is 0 Å². The monoisotopic (exact) mass is 220 g/mol. The first-order chi connectivity index (χ1) is 7.85. The highest BCUT2D eigenvalue weighted by atomic mass is 15.2. The molecule has 0 amide bonds. The Bertz CT molecular complexity index is 463. The Labute approximate surface area is 93.9 Å². The molecular formula is C10H16N6. The highest BCUT2D eigenvalue weighted by Gasteiger charge is 2.07. The third-order valence-electron chi connectivity index (χ3n) is 2.36. The largest absolute Gasteiger partial charge is 0.369 e. The van der Waals surface area contributed by atoms with Gasteiger partial charge in [0.1, 0.15) is 5.82 Å². The summed E-state index contributed by atoms with van der Waals surface area (Å²) in [6.07, 6.45) is 4.02. The Kier molecular flexibility index (Phi) is 3.19. The van der Waals surface area contributed by atoms with E-state index in [4.69, 9.17) is 0 Å². The number of unbranched alkanes of at least 4 members (excludes halogenated alkanes) is 1. The van der Waals surface area contributed by atoms with Crippen LogP contribution in [-0.4, -0.2) is 33.8 Å². The SMILES string of the molecule is CCCCNc1nc(NC)nc2[nH]ncc12. The molecule has 0 bridgehead atoms. The molecule has 0 atom stereocenters. The van der Waals surface area contributed by atoms with Gasteiger partial charge in [-0.25, -0.2) is 0 Å². The summed E-state index contributed by atoms with van der Waals surface area (Å²) in [4.78, 5) is 8.63. The minimum absolute atomic E-state index is 0.593. The van der Waals surface area contributed by atoms with Gasteiger partial charge in [0, 0.05) is 13.6 Å². The second-order valence-corrected chi connectivity index (χ2v) is 3.56. The number of H-pyrrole nitrogens is 1. The zero-order valence-corrected chi connectivity index (χ0v) is 9.54. The third kappa shape index (κ3) is 2.05. The van der Waals surface area contributed by atoms with Gasteiger partial charge < -0.3 is 10.6 Å². The standard InChI is InChI=1S/C10H16N6/c1-3-4-5-12-8-7-6-13-16-9(7)15-10(11-2)14-8/h6H,3-5H2,1-2H3,(H3,11,12,13,14,15,16). The van der Waals surface area contributed by atoms with Gasteiger partial charge >= 0.3 is 0 Å². The second-order valence-electron chi connectivity index (χ2n) is 3.56. The lowest BCUT2D eigenvalue weighted by Crippen LogP contribution is -2.06. The molecule has 86 valence electrons. The van der Waals surface area contributed by atoms with Crippen molar-refractivity contribution in [2.45, 2.75) is 19.8 Å². The molecule has 0 aliphatic rings. The fraction of sp³-hybridized carbons (Fsp3) is 0.500. The van der Waals surface area contributed by atoms with Crippen LogP contribution in [0.3, 0.4) is 0 Å². The van der Waals surface area contributed by atoms with Gasteiger partial charge in [0.15, 0.2) is 5.65 Å². The van der Waals surface area contributed by atoms with Crippen LogP contribution in [0.2, 0.25) is 0 Å². The molecule has 2 aromatic heterocycles. The summed E-state index contributed by atoms with van der Waals surface area (Å²) in [6.45, 7) is 3.07. The average molecular weight is 220 g/mol. The van der Waals surface area contributed by atoms with E-state index in [1.54, 1.807) is 13.2 Å². The normalized spacial score (nSPS) is 10.6. The molecule has 0 saturated carbocycles. The fourth-order valence-electron chi connectivity index (χ4n) is 1.47. The number of nitrogens with one attached hydrogen (secondary N) is 3. The number of rotatable bonds is 5. The lowest BCUT2D eigenvalue weighted by Gasteiger charge is -2.07. The number of aromatic amines is 1. The van der Waals surface area contributed by atoms with Crippen molar-refractivity contribution in [1.82, 2.24) is 20.2 Å². The van der Waals surface area contributed by atoms with Gasteiger partial charge in [0.2, 0.25) is 5.95 Å². The second kappa shape index (κ2) is 4.78. The van der Waals surface area contributed by atoms with Gasteiger partial charge in [-0.05, 0) is 6.42 Å². The van der Waals surface area contributed by atoms with Crippen molar-refractivity contribution in [3.63, 3.8) is 0 Å². The minimum Gasteiger partial charge on any atom is -0.369 e. The third-order valence-corrected chi connectivity index (χ3v) is 2.36. The summed E-state index contributed by atoms with van der Waals surface area (Å²) in [5.41, 5.74) is 0.748. The van der Waals surface area contributed by atoms with Gasteiger partial charge in [0.05, 0.1) is 11.6 Å². The molecule has 0 aromatic carbocycles. The molecule has 0 aliphatic heterocycles. The van der Waals surface area contributed by atoms with Crippen LogP contribution in [0.1, 0.15) is 19.8 Å². The maximum Gasteiger partial charge on any atom is 0.226 e. The van der Waals surface area contributed by atoms with Crippen LogP contribution in [-0.2, 0) is 0 Å². The predicted molar refractivity (Wildman–Crippen MR) is 64.6 cm³/mol. The van der Waals surface area contributed by atoms with Crippen molar-refractivity contribution in [3.8, 4) is 0 Å². The smallest absolute Gasteiger partial charge is 0.226 e. The average Bonchev–Trinajstić information content (AvgIpc) is 2.77. The Morgan fingerprint density at radius 1 is 1.38 bits per heavy atom. The van der Waals surface area contributed by atoms with Crippen LogP contribution in [0.15, 0.2) is 6.20 Å². The van der Waals surface area contributed by atoms with Crippen molar-refractivity contribution in [3.05, 3.63) is 6.20 Å². The van der Waals surface area contributed by atoms with Gasteiger partial charge in [-0.2, -0.15) is 15.1 Å². The molecule has 2 heterocycles. The van der Waals surface area contributed by atoms with E-state index in [-0.39, 0.29) is 0 Å². The lowest BCUT2D eigenvalue weighted by molar-refractivity contribution is 0.832. The highest BCUT2D eigenvalue weighted by Crippen LogP contribution is 2.19. The molecule has 2 rings (SSSR count). The number of anilines is 2. The maximum absolute atomic E-state index is 4.37. The van der Waals surface area contributed by atoms with E-state index in [1.165, 1.54) is 0 Å². The van der Waals surface area contributed by atoms with Crippen molar-refractivity contribution in [2.24, 2.45) is 0 Å². The molecule has 2 aromatic rings. The zero-order chi connectivity index (χ0) is 11.4. The number of hydrogen-bond acceptors (Lipinski definition) is 5. The van der Waals surface area contributed by atoms with Gasteiger partial charge in [-0.15, -0.1) is 0 Å². The quantitative estimate of drug-likeness (QED) is 0.667. The number of fused-ring (bicyclic) bond motifs is 1. The molecule has 0 spiro atoms. The molecule has 6 nitrogen and oxygen atoms in total. The lowest BCUT2D eigenvalue weighted by atomic mass is 10.3.